The number of thiocarbonyl (C=S) groups is 1. The lowest BCUT2D eigenvalue weighted by atomic mass is 10.2. The fraction of sp³-hybridized carbons (Fsp3) is 0.562. The molecule has 1 aliphatic rings. The molecule has 2 N–H and O–H groups in total. The van der Waals surface area contributed by atoms with Crippen molar-refractivity contribution < 1.29 is 14.2 Å². The van der Waals surface area contributed by atoms with Gasteiger partial charge in [0.05, 0.1) is 38.1 Å². The quantitative estimate of drug-likeness (QED) is 0.562. The number of rotatable bonds is 7. The van der Waals surface area contributed by atoms with Gasteiger partial charge in [-0.15, -0.1) is 0 Å². The highest BCUT2D eigenvalue weighted by atomic mass is 35.5. The number of halogens is 1. The van der Waals surface area contributed by atoms with Gasteiger partial charge in [-0.25, -0.2) is 0 Å². The molecule has 24 heavy (non-hydrogen) atoms. The molecule has 6 nitrogen and oxygen atoms in total. The van der Waals surface area contributed by atoms with Crippen LogP contribution in [0.25, 0.3) is 0 Å². The monoisotopic (exact) mass is 373 g/mol. The Morgan fingerprint density at radius 1 is 1.25 bits per heavy atom. The Morgan fingerprint density at radius 3 is 2.62 bits per heavy atom. The van der Waals surface area contributed by atoms with Crippen LogP contribution in [0.2, 0.25) is 5.02 Å². The number of nitrogens with zero attached hydrogens (tertiary/aromatic N) is 1. The van der Waals surface area contributed by atoms with E-state index in [-0.39, 0.29) is 0 Å². The van der Waals surface area contributed by atoms with E-state index in [0.717, 1.165) is 45.8 Å². The van der Waals surface area contributed by atoms with E-state index < -0.39 is 0 Å². The van der Waals surface area contributed by atoms with Crippen LogP contribution in [0.3, 0.4) is 0 Å². The molecule has 1 saturated heterocycles. The Labute approximate surface area is 153 Å². The molecule has 1 aromatic rings. The first-order valence-electron chi connectivity index (χ1n) is 7.90. The fourth-order valence-electron chi connectivity index (χ4n) is 2.45. The highest BCUT2D eigenvalue weighted by molar-refractivity contribution is 7.80. The number of hydrogen-bond donors (Lipinski definition) is 2. The summed E-state index contributed by atoms with van der Waals surface area (Å²) in [7, 11) is 3.15. The van der Waals surface area contributed by atoms with Crippen LogP contribution in [0.1, 0.15) is 6.42 Å². The van der Waals surface area contributed by atoms with Gasteiger partial charge in [-0.2, -0.15) is 0 Å². The summed E-state index contributed by atoms with van der Waals surface area (Å²) >= 11 is 11.5. The van der Waals surface area contributed by atoms with Crippen molar-refractivity contribution in [2.75, 3.05) is 58.9 Å². The van der Waals surface area contributed by atoms with Crippen LogP contribution in [-0.4, -0.2) is 63.6 Å². The molecule has 2 rings (SSSR count). The van der Waals surface area contributed by atoms with Gasteiger partial charge in [-0.1, -0.05) is 11.6 Å². The van der Waals surface area contributed by atoms with E-state index in [2.05, 4.69) is 15.5 Å². The third-order valence-corrected chi connectivity index (χ3v) is 4.30. The van der Waals surface area contributed by atoms with Crippen LogP contribution in [0.15, 0.2) is 12.1 Å². The van der Waals surface area contributed by atoms with Gasteiger partial charge in [0.25, 0.3) is 0 Å². The highest BCUT2D eigenvalue weighted by Crippen LogP contribution is 2.35. The molecule has 1 heterocycles. The van der Waals surface area contributed by atoms with Crippen LogP contribution in [0.4, 0.5) is 5.69 Å². The van der Waals surface area contributed by atoms with E-state index in [0.29, 0.717) is 27.3 Å². The second-order valence-electron chi connectivity index (χ2n) is 5.38. The Kier molecular flexibility index (Phi) is 7.84. The molecular formula is C16H24ClN3O3S. The topological polar surface area (TPSA) is 55.0 Å². The Hall–Kier alpha value is -1.28. The Bertz CT molecular complexity index is 554. The molecule has 0 radical (unpaired) electrons. The molecule has 1 aliphatic heterocycles. The molecular weight excluding hydrogens is 350 g/mol. The van der Waals surface area contributed by atoms with E-state index in [1.807, 2.05) is 0 Å². The Morgan fingerprint density at radius 2 is 1.96 bits per heavy atom. The standard InChI is InChI=1S/C16H24ClN3O3S/c1-21-14-11-15(22-2)13(10-12(14)17)19-16(24)18-4-3-5-20-6-8-23-9-7-20/h10-11H,3-9H2,1-2H3,(H2,18,19,24). The molecule has 134 valence electrons. The Balaban J connectivity index is 1.78. The van der Waals surface area contributed by atoms with Crippen molar-refractivity contribution in [2.24, 2.45) is 0 Å². The smallest absolute Gasteiger partial charge is 0.170 e. The average molecular weight is 374 g/mol. The summed E-state index contributed by atoms with van der Waals surface area (Å²) in [6.07, 6.45) is 1.02. The van der Waals surface area contributed by atoms with Gasteiger partial charge >= 0.3 is 0 Å². The first kappa shape index (κ1) is 19.1. The summed E-state index contributed by atoms with van der Waals surface area (Å²) in [5.41, 5.74) is 0.703. The number of morpholine rings is 1. The average Bonchev–Trinajstić information content (AvgIpc) is 2.60. The predicted molar refractivity (Wildman–Crippen MR) is 101 cm³/mol. The first-order valence-corrected chi connectivity index (χ1v) is 8.69. The van der Waals surface area contributed by atoms with Gasteiger partial charge in [-0.3, -0.25) is 4.90 Å². The number of nitrogens with one attached hydrogen (secondary N) is 2. The maximum atomic E-state index is 6.15. The van der Waals surface area contributed by atoms with E-state index in [1.165, 1.54) is 0 Å². The molecule has 0 unspecified atom stereocenters. The van der Waals surface area contributed by atoms with Gasteiger partial charge in [0.1, 0.15) is 11.5 Å². The number of hydrogen-bond acceptors (Lipinski definition) is 5. The summed E-state index contributed by atoms with van der Waals surface area (Å²) in [5, 5.41) is 7.35. The predicted octanol–water partition coefficient (Wildman–Crippen LogP) is 2.37. The van der Waals surface area contributed by atoms with E-state index in [9.17, 15) is 0 Å². The minimum atomic E-state index is 0.496. The maximum Gasteiger partial charge on any atom is 0.170 e. The minimum absolute atomic E-state index is 0.496. The highest BCUT2D eigenvalue weighted by Gasteiger charge is 2.12. The summed E-state index contributed by atoms with van der Waals surface area (Å²) in [5.74, 6) is 1.18. The molecule has 8 heteroatoms. The lowest BCUT2D eigenvalue weighted by molar-refractivity contribution is 0.0376. The van der Waals surface area contributed by atoms with Crippen LogP contribution in [0.5, 0.6) is 11.5 Å². The van der Waals surface area contributed by atoms with Crippen molar-refractivity contribution in [1.29, 1.82) is 0 Å². The largest absolute Gasteiger partial charge is 0.495 e. The molecule has 0 bridgehead atoms. The van der Waals surface area contributed by atoms with E-state index in [4.69, 9.17) is 38.0 Å². The van der Waals surface area contributed by atoms with Gasteiger partial charge in [0.2, 0.25) is 0 Å². The zero-order valence-corrected chi connectivity index (χ0v) is 15.6. The van der Waals surface area contributed by atoms with E-state index in [1.54, 1.807) is 26.4 Å². The summed E-state index contributed by atoms with van der Waals surface area (Å²) in [6, 6.07) is 3.46. The number of ether oxygens (including phenoxy) is 3. The molecule has 1 aromatic carbocycles. The van der Waals surface area contributed by atoms with Gasteiger partial charge in [0, 0.05) is 25.7 Å². The molecule has 0 saturated carbocycles. The molecule has 0 amide bonds. The molecule has 1 fully saturated rings. The first-order chi connectivity index (χ1) is 11.6. The van der Waals surface area contributed by atoms with Crippen LogP contribution >= 0.6 is 23.8 Å². The minimum Gasteiger partial charge on any atom is -0.495 e. The van der Waals surface area contributed by atoms with Gasteiger partial charge in [0.15, 0.2) is 5.11 Å². The number of methoxy groups -OCH3 is 2. The fourth-order valence-corrected chi connectivity index (χ4v) is 2.91. The van der Waals surface area contributed by atoms with Crippen LogP contribution in [-0.2, 0) is 4.74 Å². The van der Waals surface area contributed by atoms with Crippen molar-refractivity contribution in [1.82, 2.24) is 10.2 Å². The second-order valence-corrected chi connectivity index (χ2v) is 6.19. The second kappa shape index (κ2) is 9.88. The van der Waals surface area contributed by atoms with Crippen molar-refractivity contribution in [3.05, 3.63) is 17.2 Å². The van der Waals surface area contributed by atoms with Crippen molar-refractivity contribution in [3.8, 4) is 11.5 Å². The lowest BCUT2D eigenvalue weighted by Crippen LogP contribution is -2.38. The SMILES string of the molecule is COc1cc(OC)c(NC(=S)NCCCN2CCOCC2)cc1Cl. The maximum absolute atomic E-state index is 6.15. The normalized spacial score (nSPS) is 15.0. The summed E-state index contributed by atoms with van der Waals surface area (Å²) < 4.78 is 15.9. The van der Waals surface area contributed by atoms with Crippen molar-refractivity contribution in [3.63, 3.8) is 0 Å². The molecule has 0 atom stereocenters. The third-order valence-electron chi connectivity index (χ3n) is 3.76. The summed E-state index contributed by atoms with van der Waals surface area (Å²) in [4.78, 5) is 2.40. The zero-order chi connectivity index (χ0) is 17.4. The van der Waals surface area contributed by atoms with Crippen molar-refractivity contribution in [2.45, 2.75) is 6.42 Å². The molecule has 0 spiro atoms. The number of benzene rings is 1. The number of anilines is 1. The lowest BCUT2D eigenvalue weighted by Gasteiger charge is -2.26. The summed E-state index contributed by atoms with van der Waals surface area (Å²) in [6.45, 7) is 5.50. The van der Waals surface area contributed by atoms with Gasteiger partial charge in [-0.05, 0) is 31.2 Å². The molecule has 0 aliphatic carbocycles. The van der Waals surface area contributed by atoms with E-state index >= 15 is 0 Å². The van der Waals surface area contributed by atoms with Crippen LogP contribution < -0.4 is 20.1 Å². The third kappa shape index (κ3) is 5.66. The molecule has 0 aromatic heterocycles. The van der Waals surface area contributed by atoms with Crippen LogP contribution in [0, 0.1) is 0 Å². The van der Waals surface area contributed by atoms with Gasteiger partial charge < -0.3 is 24.8 Å². The van der Waals surface area contributed by atoms with Crippen molar-refractivity contribution >= 4 is 34.6 Å². The zero-order valence-electron chi connectivity index (χ0n) is 14.1.